The van der Waals surface area contributed by atoms with Crippen LogP contribution in [0.2, 0.25) is 0 Å². The van der Waals surface area contributed by atoms with Crippen molar-refractivity contribution in [1.29, 1.82) is 0 Å². The molecule has 0 aliphatic carbocycles. The Morgan fingerprint density at radius 2 is 2.22 bits per heavy atom. The van der Waals surface area contributed by atoms with Crippen molar-refractivity contribution in [3.05, 3.63) is 21.9 Å². The molecule has 3 nitrogen and oxygen atoms in total. The van der Waals surface area contributed by atoms with Gasteiger partial charge in [0, 0.05) is 24.5 Å². The molecule has 1 fully saturated rings. The number of aryl methyl sites for hydroxylation is 1. The molecule has 18 heavy (non-hydrogen) atoms. The van der Waals surface area contributed by atoms with Gasteiger partial charge in [-0.1, -0.05) is 6.92 Å². The van der Waals surface area contributed by atoms with E-state index in [9.17, 15) is 5.11 Å². The zero-order valence-electron chi connectivity index (χ0n) is 11.2. The van der Waals surface area contributed by atoms with Gasteiger partial charge in [-0.05, 0) is 49.4 Å². The van der Waals surface area contributed by atoms with E-state index in [1.54, 1.807) is 11.3 Å². The molecule has 1 unspecified atom stereocenters. The van der Waals surface area contributed by atoms with E-state index in [2.05, 4.69) is 28.6 Å². The Morgan fingerprint density at radius 3 is 2.94 bits per heavy atom. The van der Waals surface area contributed by atoms with E-state index >= 15 is 0 Å². The molecule has 0 amide bonds. The molecule has 1 aliphatic rings. The summed E-state index contributed by atoms with van der Waals surface area (Å²) in [6, 6.07) is 2.20. The van der Waals surface area contributed by atoms with E-state index in [4.69, 9.17) is 0 Å². The molecule has 0 spiro atoms. The molecule has 1 saturated heterocycles. The van der Waals surface area contributed by atoms with Crippen LogP contribution >= 0.6 is 11.3 Å². The number of rotatable bonds is 7. The normalized spacial score (nSPS) is 18.3. The van der Waals surface area contributed by atoms with E-state index in [0.717, 1.165) is 32.6 Å². The number of nitrogens with one attached hydrogen (secondary N) is 1. The van der Waals surface area contributed by atoms with E-state index in [-0.39, 0.29) is 6.10 Å². The standard InChI is InChI=1S/C14H24N2OS/c1-2-12-5-8-18-14(12)10-15-9-13(17)11-16-6-3-4-7-16/h5,8,13,15,17H,2-4,6-7,9-11H2,1H3. The van der Waals surface area contributed by atoms with E-state index in [1.807, 2.05) is 0 Å². The maximum atomic E-state index is 9.96. The maximum absolute atomic E-state index is 9.96. The van der Waals surface area contributed by atoms with Crippen LogP contribution in [0, 0.1) is 0 Å². The number of aliphatic hydroxyl groups excluding tert-OH is 1. The monoisotopic (exact) mass is 268 g/mol. The van der Waals surface area contributed by atoms with Gasteiger partial charge >= 0.3 is 0 Å². The van der Waals surface area contributed by atoms with Gasteiger partial charge in [-0.3, -0.25) is 0 Å². The Morgan fingerprint density at radius 1 is 1.44 bits per heavy atom. The smallest absolute Gasteiger partial charge is 0.0791 e. The van der Waals surface area contributed by atoms with Crippen LogP contribution in [0.3, 0.4) is 0 Å². The highest BCUT2D eigenvalue weighted by atomic mass is 32.1. The minimum atomic E-state index is -0.242. The molecule has 1 aromatic heterocycles. The minimum Gasteiger partial charge on any atom is -0.390 e. The molecule has 0 bridgehead atoms. The van der Waals surface area contributed by atoms with Crippen molar-refractivity contribution in [3.63, 3.8) is 0 Å². The first-order valence-electron chi connectivity index (χ1n) is 6.96. The number of likely N-dealkylation sites (tertiary alicyclic amines) is 1. The number of aliphatic hydroxyl groups is 1. The fourth-order valence-electron chi connectivity index (χ4n) is 2.52. The Kier molecular flexibility index (Phi) is 5.63. The number of hydrogen-bond acceptors (Lipinski definition) is 4. The third-order valence-electron chi connectivity index (χ3n) is 3.55. The number of hydrogen-bond donors (Lipinski definition) is 2. The van der Waals surface area contributed by atoms with Gasteiger partial charge in [0.1, 0.15) is 0 Å². The summed E-state index contributed by atoms with van der Waals surface area (Å²) in [6.45, 7) is 6.89. The van der Waals surface area contributed by atoms with Gasteiger partial charge in [0.25, 0.3) is 0 Å². The Balaban J connectivity index is 1.65. The fraction of sp³-hybridized carbons (Fsp3) is 0.714. The summed E-state index contributed by atoms with van der Waals surface area (Å²) in [7, 11) is 0. The first kappa shape index (κ1) is 14.0. The van der Waals surface area contributed by atoms with Crippen LogP contribution in [0.1, 0.15) is 30.2 Å². The second kappa shape index (κ2) is 7.24. The summed E-state index contributed by atoms with van der Waals surface area (Å²) >= 11 is 1.80. The molecule has 0 aromatic carbocycles. The zero-order chi connectivity index (χ0) is 12.8. The molecular formula is C14H24N2OS. The average Bonchev–Trinajstić information content (AvgIpc) is 3.00. The van der Waals surface area contributed by atoms with E-state index < -0.39 is 0 Å². The molecule has 2 heterocycles. The van der Waals surface area contributed by atoms with Gasteiger partial charge in [-0.25, -0.2) is 0 Å². The van der Waals surface area contributed by atoms with Gasteiger partial charge in [-0.15, -0.1) is 11.3 Å². The first-order valence-corrected chi connectivity index (χ1v) is 7.84. The van der Waals surface area contributed by atoms with Crippen LogP contribution < -0.4 is 5.32 Å². The Hall–Kier alpha value is -0.420. The Labute approximate surface area is 114 Å². The van der Waals surface area contributed by atoms with Crippen molar-refractivity contribution in [3.8, 4) is 0 Å². The summed E-state index contributed by atoms with van der Waals surface area (Å²) in [6.07, 6.45) is 3.43. The first-order chi connectivity index (χ1) is 8.79. The van der Waals surface area contributed by atoms with Crippen molar-refractivity contribution in [2.75, 3.05) is 26.2 Å². The maximum Gasteiger partial charge on any atom is 0.0791 e. The van der Waals surface area contributed by atoms with Crippen LogP contribution in [0.15, 0.2) is 11.4 Å². The molecule has 2 rings (SSSR count). The predicted octanol–water partition coefficient (Wildman–Crippen LogP) is 1.86. The van der Waals surface area contributed by atoms with Crippen molar-refractivity contribution in [2.24, 2.45) is 0 Å². The topological polar surface area (TPSA) is 35.5 Å². The molecule has 0 radical (unpaired) electrons. The van der Waals surface area contributed by atoms with E-state index in [0.29, 0.717) is 6.54 Å². The summed E-state index contributed by atoms with van der Waals surface area (Å²) in [4.78, 5) is 3.76. The fourth-order valence-corrected chi connectivity index (χ4v) is 3.46. The number of thiophene rings is 1. The SMILES string of the molecule is CCc1ccsc1CNCC(O)CN1CCCC1. The summed E-state index contributed by atoms with van der Waals surface area (Å²) in [5.41, 5.74) is 1.43. The van der Waals surface area contributed by atoms with E-state index in [1.165, 1.54) is 23.3 Å². The molecule has 102 valence electrons. The van der Waals surface area contributed by atoms with Crippen LogP contribution in [0.25, 0.3) is 0 Å². The van der Waals surface area contributed by atoms with Crippen LogP contribution in [-0.2, 0) is 13.0 Å². The molecule has 1 aliphatic heterocycles. The molecule has 4 heteroatoms. The average molecular weight is 268 g/mol. The molecular weight excluding hydrogens is 244 g/mol. The van der Waals surface area contributed by atoms with Crippen LogP contribution in [0.4, 0.5) is 0 Å². The lowest BCUT2D eigenvalue weighted by Crippen LogP contribution is -2.36. The lowest BCUT2D eigenvalue weighted by molar-refractivity contribution is 0.123. The van der Waals surface area contributed by atoms with Crippen molar-refractivity contribution in [1.82, 2.24) is 10.2 Å². The molecule has 2 N–H and O–H groups in total. The highest BCUT2D eigenvalue weighted by Gasteiger charge is 2.15. The second-order valence-electron chi connectivity index (χ2n) is 5.02. The third-order valence-corrected chi connectivity index (χ3v) is 4.51. The summed E-state index contributed by atoms with van der Waals surface area (Å²) in [5.74, 6) is 0. The third kappa shape index (κ3) is 4.05. The largest absolute Gasteiger partial charge is 0.390 e. The number of nitrogens with zero attached hydrogens (tertiary/aromatic N) is 1. The van der Waals surface area contributed by atoms with Gasteiger partial charge in [0.15, 0.2) is 0 Å². The van der Waals surface area contributed by atoms with Gasteiger partial charge in [0.05, 0.1) is 6.10 Å². The Bertz CT molecular complexity index is 347. The van der Waals surface area contributed by atoms with Crippen LogP contribution in [0.5, 0.6) is 0 Å². The van der Waals surface area contributed by atoms with Gasteiger partial charge in [0.2, 0.25) is 0 Å². The van der Waals surface area contributed by atoms with Crippen molar-refractivity contribution < 1.29 is 5.11 Å². The van der Waals surface area contributed by atoms with Gasteiger partial charge in [-0.2, -0.15) is 0 Å². The predicted molar refractivity (Wildman–Crippen MR) is 77.1 cm³/mol. The highest BCUT2D eigenvalue weighted by Crippen LogP contribution is 2.16. The molecule has 1 aromatic rings. The quantitative estimate of drug-likeness (QED) is 0.792. The van der Waals surface area contributed by atoms with Crippen LogP contribution in [-0.4, -0.2) is 42.3 Å². The van der Waals surface area contributed by atoms with Crippen molar-refractivity contribution >= 4 is 11.3 Å². The summed E-state index contributed by atoms with van der Waals surface area (Å²) in [5, 5.41) is 15.5. The van der Waals surface area contributed by atoms with Gasteiger partial charge < -0.3 is 15.3 Å². The lowest BCUT2D eigenvalue weighted by atomic mass is 10.2. The molecule has 0 saturated carbocycles. The number of β-amino-alcohol motifs (C(OH)–C–C–N with tert-alkyl or cyclic N) is 1. The summed E-state index contributed by atoms with van der Waals surface area (Å²) < 4.78 is 0. The second-order valence-corrected chi connectivity index (χ2v) is 6.02. The highest BCUT2D eigenvalue weighted by molar-refractivity contribution is 7.10. The zero-order valence-corrected chi connectivity index (χ0v) is 12.0. The lowest BCUT2D eigenvalue weighted by Gasteiger charge is -2.19. The van der Waals surface area contributed by atoms with Crippen molar-refractivity contribution in [2.45, 2.75) is 38.8 Å². The minimum absolute atomic E-state index is 0.242. The molecule has 1 atom stereocenters.